The Balaban J connectivity index is 1.53. The van der Waals surface area contributed by atoms with E-state index in [0.29, 0.717) is 0 Å². The first-order chi connectivity index (χ1) is 11.5. The van der Waals surface area contributed by atoms with E-state index >= 15 is 0 Å². The van der Waals surface area contributed by atoms with Crippen LogP contribution in [0.15, 0.2) is 24.3 Å². The summed E-state index contributed by atoms with van der Waals surface area (Å²) >= 11 is 0. The second-order valence-corrected chi connectivity index (χ2v) is 8.07. The molecule has 2 fully saturated rings. The summed E-state index contributed by atoms with van der Waals surface area (Å²) in [5, 5.41) is 0. The van der Waals surface area contributed by atoms with Crippen LogP contribution < -0.4 is 5.46 Å². The highest BCUT2D eigenvalue weighted by Crippen LogP contribution is 2.22. The molecule has 3 rings (SSSR count). The van der Waals surface area contributed by atoms with E-state index in [9.17, 15) is 0 Å². The largest absolute Gasteiger partial charge is 0.494 e. The van der Waals surface area contributed by atoms with Crippen molar-refractivity contribution in [1.82, 2.24) is 9.80 Å². The van der Waals surface area contributed by atoms with Gasteiger partial charge in [0.15, 0.2) is 0 Å². The first-order valence-corrected chi connectivity index (χ1v) is 9.25. The molecule has 24 heavy (non-hydrogen) atoms. The van der Waals surface area contributed by atoms with E-state index in [1.807, 2.05) is 0 Å². The molecule has 1 aromatic carbocycles. The van der Waals surface area contributed by atoms with Gasteiger partial charge in [-0.25, -0.2) is 0 Å². The molecule has 2 aliphatic rings. The lowest BCUT2D eigenvalue weighted by Crippen LogP contribution is -2.48. The molecule has 0 N–H and O–H groups in total. The van der Waals surface area contributed by atoms with Crippen molar-refractivity contribution in [2.24, 2.45) is 5.41 Å². The SMILES string of the molecule is CN1CCN(CCCc2ccccc2B2OCC(C)(C)CO2)CC1. The van der Waals surface area contributed by atoms with E-state index in [1.165, 1.54) is 50.2 Å². The topological polar surface area (TPSA) is 24.9 Å². The van der Waals surface area contributed by atoms with Crippen molar-refractivity contribution < 1.29 is 9.31 Å². The molecule has 0 saturated carbocycles. The summed E-state index contributed by atoms with van der Waals surface area (Å²) in [6.45, 7) is 11.8. The number of hydrogen-bond acceptors (Lipinski definition) is 4. The smallest absolute Gasteiger partial charge is 0.407 e. The number of rotatable bonds is 5. The zero-order valence-electron chi connectivity index (χ0n) is 15.5. The molecule has 0 radical (unpaired) electrons. The maximum atomic E-state index is 5.99. The van der Waals surface area contributed by atoms with Crippen LogP contribution in [0.25, 0.3) is 0 Å². The molecule has 2 saturated heterocycles. The zero-order valence-corrected chi connectivity index (χ0v) is 15.5. The molecule has 5 heteroatoms. The minimum Gasteiger partial charge on any atom is -0.407 e. The third-order valence-corrected chi connectivity index (χ3v) is 5.08. The van der Waals surface area contributed by atoms with Gasteiger partial charge in [-0.3, -0.25) is 0 Å². The van der Waals surface area contributed by atoms with Crippen molar-refractivity contribution in [2.75, 3.05) is 53.0 Å². The van der Waals surface area contributed by atoms with Gasteiger partial charge in [-0.1, -0.05) is 38.1 Å². The molecule has 4 nitrogen and oxygen atoms in total. The molecule has 0 bridgehead atoms. The Labute approximate surface area is 147 Å². The summed E-state index contributed by atoms with van der Waals surface area (Å²) in [7, 11) is 2.01. The van der Waals surface area contributed by atoms with Crippen LogP contribution in [-0.4, -0.2) is 69.9 Å². The summed E-state index contributed by atoms with van der Waals surface area (Å²) in [5.41, 5.74) is 2.70. The monoisotopic (exact) mass is 330 g/mol. The fraction of sp³-hybridized carbons (Fsp3) is 0.684. The molecular weight excluding hydrogens is 299 g/mol. The van der Waals surface area contributed by atoms with Crippen LogP contribution in [-0.2, 0) is 15.7 Å². The first kappa shape index (κ1) is 17.9. The number of piperazine rings is 1. The highest BCUT2D eigenvalue weighted by atomic mass is 16.6. The van der Waals surface area contributed by atoms with Gasteiger partial charge < -0.3 is 19.1 Å². The van der Waals surface area contributed by atoms with Crippen LogP contribution in [0.3, 0.4) is 0 Å². The van der Waals surface area contributed by atoms with E-state index in [1.54, 1.807) is 0 Å². The van der Waals surface area contributed by atoms with Gasteiger partial charge in [0.25, 0.3) is 0 Å². The molecule has 2 heterocycles. The van der Waals surface area contributed by atoms with Crippen LogP contribution in [0.2, 0.25) is 0 Å². The Morgan fingerprint density at radius 2 is 1.71 bits per heavy atom. The van der Waals surface area contributed by atoms with Crippen LogP contribution in [0.5, 0.6) is 0 Å². The second-order valence-electron chi connectivity index (χ2n) is 8.07. The summed E-state index contributed by atoms with van der Waals surface area (Å²) < 4.78 is 12.0. The molecule has 0 unspecified atom stereocenters. The van der Waals surface area contributed by atoms with Crippen LogP contribution >= 0.6 is 0 Å². The van der Waals surface area contributed by atoms with Gasteiger partial charge in [0.2, 0.25) is 0 Å². The minimum absolute atomic E-state index is 0.118. The second kappa shape index (κ2) is 8.00. The van der Waals surface area contributed by atoms with E-state index in [2.05, 4.69) is 55.0 Å². The van der Waals surface area contributed by atoms with Gasteiger partial charge in [0, 0.05) is 44.8 Å². The van der Waals surface area contributed by atoms with Crippen molar-refractivity contribution in [3.05, 3.63) is 29.8 Å². The van der Waals surface area contributed by atoms with E-state index < -0.39 is 0 Å². The average Bonchev–Trinajstić information content (AvgIpc) is 2.57. The molecule has 0 amide bonds. The van der Waals surface area contributed by atoms with Crippen molar-refractivity contribution in [3.63, 3.8) is 0 Å². The maximum absolute atomic E-state index is 5.99. The van der Waals surface area contributed by atoms with Gasteiger partial charge in [-0.05, 0) is 37.5 Å². The number of likely N-dealkylation sites (N-methyl/N-ethyl adjacent to an activating group) is 1. The third-order valence-electron chi connectivity index (χ3n) is 5.08. The standard InChI is InChI=1S/C19H31BN2O2/c1-19(2)15-23-20(24-16-19)18-9-5-4-7-17(18)8-6-10-22-13-11-21(3)12-14-22/h4-5,7,9H,6,8,10-16H2,1-3H3. The lowest BCUT2D eigenvalue weighted by atomic mass is 9.72. The molecule has 0 aromatic heterocycles. The Morgan fingerprint density at radius 3 is 2.42 bits per heavy atom. The van der Waals surface area contributed by atoms with Crippen LogP contribution in [0.1, 0.15) is 25.8 Å². The van der Waals surface area contributed by atoms with E-state index in [4.69, 9.17) is 9.31 Å². The van der Waals surface area contributed by atoms with Gasteiger partial charge in [0.1, 0.15) is 0 Å². The number of benzene rings is 1. The Bertz CT molecular complexity index is 520. The van der Waals surface area contributed by atoms with Crippen LogP contribution in [0.4, 0.5) is 0 Å². The fourth-order valence-corrected chi connectivity index (χ4v) is 3.43. The Hall–Kier alpha value is -0.875. The number of nitrogens with zero attached hydrogens (tertiary/aromatic N) is 2. The molecule has 1 aromatic rings. The van der Waals surface area contributed by atoms with Crippen molar-refractivity contribution >= 4 is 12.6 Å². The number of aryl methyl sites for hydroxylation is 1. The molecule has 132 valence electrons. The fourth-order valence-electron chi connectivity index (χ4n) is 3.43. The Kier molecular flexibility index (Phi) is 5.98. The van der Waals surface area contributed by atoms with Crippen LogP contribution in [0, 0.1) is 5.41 Å². The predicted molar refractivity (Wildman–Crippen MR) is 99.8 cm³/mol. The van der Waals surface area contributed by atoms with Gasteiger partial charge >= 0.3 is 7.12 Å². The minimum atomic E-state index is -0.196. The molecule has 2 aliphatic heterocycles. The number of hydrogen-bond donors (Lipinski definition) is 0. The molecule has 0 spiro atoms. The maximum Gasteiger partial charge on any atom is 0.494 e. The summed E-state index contributed by atoms with van der Waals surface area (Å²) in [4.78, 5) is 4.99. The van der Waals surface area contributed by atoms with Gasteiger partial charge in [-0.2, -0.15) is 0 Å². The Morgan fingerprint density at radius 1 is 1.04 bits per heavy atom. The summed E-state index contributed by atoms with van der Waals surface area (Å²) in [6, 6.07) is 8.60. The quantitative estimate of drug-likeness (QED) is 0.767. The summed E-state index contributed by atoms with van der Waals surface area (Å²) in [6.07, 6.45) is 2.29. The molecule has 0 aliphatic carbocycles. The summed E-state index contributed by atoms with van der Waals surface area (Å²) in [5.74, 6) is 0. The molecule has 0 atom stereocenters. The highest BCUT2D eigenvalue weighted by Gasteiger charge is 2.34. The zero-order chi connectivity index (χ0) is 17.0. The lowest BCUT2D eigenvalue weighted by Gasteiger charge is -2.34. The lowest BCUT2D eigenvalue weighted by molar-refractivity contribution is 0.0342. The average molecular weight is 330 g/mol. The molecular formula is C19H31BN2O2. The third kappa shape index (κ3) is 4.82. The normalized spacial score (nSPS) is 22.7. The van der Waals surface area contributed by atoms with Crippen molar-refractivity contribution in [2.45, 2.75) is 26.7 Å². The van der Waals surface area contributed by atoms with Crippen molar-refractivity contribution in [3.8, 4) is 0 Å². The van der Waals surface area contributed by atoms with Gasteiger partial charge in [0.05, 0.1) is 0 Å². The predicted octanol–water partition coefficient (Wildman–Crippen LogP) is 1.63. The van der Waals surface area contributed by atoms with Gasteiger partial charge in [-0.15, -0.1) is 0 Å². The van der Waals surface area contributed by atoms with Crippen molar-refractivity contribution in [1.29, 1.82) is 0 Å². The first-order valence-electron chi connectivity index (χ1n) is 9.25. The highest BCUT2D eigenvalue weighted by molar-refractivity contribution is 6.62. The van der Waals surface area contributed by atoms with E-state index in [-0.39, 0.29) is 12.5 Å². The van der Waals surface area contributed by atoms with E-state index in [0.717, 1.165) is 19.6 Å².